The van der Waals surface area contributed by atoms with Gasteiger partial charge in [-0.25, -0.2) is 0 Å². The summed E-state index contributed by atoms with van der Waals surface area (Å²) in [5, 5.41) is -1.96. The van der Waals surface area contributed by atoms with Crippen molar-refractivity contribution in [2.75, 3.05) is 0 Å². The third kappa shape index (κ3) is 3.82. The summed E-state index contributed by atoms with van der Waals surface area (Å²) in [5.74, 6) is 0. The van der Waals surface area contributed by atoms with Crippen molar-refractivity contribution in [2.45, 2.75) is 0 Å². The topological polar surface area (TPSA) is 9.86 Å². The molecule has 0 unspecified atom stereocenters. The molecule has 0 amide bonds. The van der Waals surface area contributed by atoms with Crippen LogP contribution < -0.4 is 0 Å². The van der Waals surface area contributed by atoms with Crippen LogP contribution in [-0.4, -0.2) is 9.13 Å². The lowest BCUT2D eigenvalue weighted by molar-refractivity contribution is 1.17. The maximum absolute atomic E-state index is 9.84. The zero-order chi connectivity index (χ0) is 51.7. The molecule has 0 saturated carbocycles. The standard InChI is InChI=1S/C42H28N2/c1-2-12-29(13-3-1)30-14-10-15-31(26-30)32-16-11-17-33(27-32)43-41-23-9-6-20-37(41)38-28-34(24-25-42(38)43)44-39-21-7-4-18-35(39)36-19-5-8-22-40(36)44/h1-28H/i1D,2D,3D,4D,5D,6D,7D,8D,9D,12D,13D,14D,15D,16D,17D,18D,19D,20D,21D,22D,23D,24D,25D,26D,27D,28D. The third-order valence-electron chi connectivity index (χ3n) is 6.98. The molecule has 206 valence electrons. The Hall–Kier alpha value is -5.86. The minimum absolute atomic E-state index is 0.431. The van der Waals surface area contributed by atoms with E-state index >= 15 is 0 Å². The van der Waals surface area contributed by atoms with Gasteiger partial charge in [0.15, 0.2) is 0 Å². The second-order valence-corrected chi connectivity index (χ2v) is 9.38. The Bertz CT molecular complexity index is 3860. The van der Waals surface area contributed by atoms with Crippen LogP contribution in [0, 0.1) is 0 Å². The van der Waals surface area contributed by atoms with Gasteiger partial charge in [-0.05, 0) is 76.6 Å². The molecule has 7 aromatic carbocycles. The third-order valence-corrected chi connectivity index (χ3v) is 6.98. The molecule has 44 heavy (non-hydrogen) atoms. The number of rotatable bonds is 4. The smallest absolute Gasteiger partial charge is 0.0652 e. The van der Waals surface area contributed by atoms with Gasteiger partial charge in [0.2, 0.25) is 0 Å². The van der Waals surface area contributed by atoms with E-state index in [0.29, 0.717) is 0 Å². The minimum Gasteiger partial charge on any atom is -0.309 e. The highest BCUT2D eigenvalue weighted by Crippen LogP contribution is 2.37. The Kier molecular flexibility index (Phi) is 2.27. The summed E-state index contributed by atoms with van der Waals surface area (Å²) in [6.07, 6.45) is 0. The molecule has 0 atom stereocenters. The molecule has 0 radical (unpaired) electrons. The quantitative estimate of drug-likeness (QED) is 0.194. The fourth-order valence-electron chi connectivity index (χ4n) is 5.13. The summed E-state index contributed by atoms with van der Waals surface area (Å²) in [4.78, 5) is 0. The van der Waals surface area contributed by atoms with Crippen molar-refractivity contribution in [3.05, 3.63) is 169 Å². The summed E-state index contributed by atoms with van der Waals surface area (Å²) in [7, 11) is 0. The van der Waals surface area contributed by atoms with Crippen molar-refractivity contribution in [1.29, 1.82) is 0 Å². The molecule has 9 rings (SSSR count). The van der Waals surface area contributed by atoms with E-state index in [4.69, 9.17) is 26.0 Å². The zero-order valence-electron chi connectivity index (χ0n) is 48.0. The molecule has 2 aromatic heterocycles. The number of nitrogens with zero attached hydrogens (tertiary/aromatic N) is 2. The lowest BCUT2D eigenvalue weighted by Gasteiger charge is -2.12. The van der Waals surface area contributed by atoms with Crippen molar-refractivity contribution in [3.63, 3.8) is 0 Å². The number of benzene rings is 7. The first-order chi connectivity index (χ1) is 32.6. The van der Waals surface area contributed by atoms with Gasteiger partial charge in [-0.15, -0.1) is 0 Å². The normalized spacial score (nSPS) is 19.9. The number of hydrogen-bond donors (Lipinski definition) is 0. The van der Waals surface area contributed by atoms with Crippen molar-refractivity contribution in [3.8, 4) is 33.6 Å². The van der Waals surface area contributed by atoms with E-state index in [0.717, 1.165) is 21.3 Å². The highest BCUT2D eigenvalue weighted by Gasteiger charge is 2.16. The molecule has 0 spiro atoms. The van der Waals surface area contributed by atoms with Gasteiger partial charge in [0, 0.05) is 32.9 Å². The lowest BCUT2D eigenvalue weighted by atomic mass is 9.99. The molecule has 0 aliphatic heterocycles. The maximum atomic E-state index is 9.84. The van der Waals surface area contributed by atoms with Crippen LogP contribution in [0.15, 0.2) is 169 Å². The Balaban J connectivity index is 1.49. The summed E-state index contributed by atoms with van der Waals surface area (Å²) in [6.45, 7) is 0. The molecule has 2 heterocycles. The highest BCUT2D eigenvalue weighted by atomic mass is 15.0. The first-order valence-electron chi connectivity index (χ1n) is 26.0. The van der Waals surface area contributed by atoms with Gasteiger partial charge < -0.3 is 9.13 Å². The Morgan fingerprint density at radius 3 is 1.41 bits per heavy atom. The largest absolute Gasteiger partial charge is 0.309 e. The number of para-hydroxylation sites is 3. The van der Waals surface area contributed by atoms with Crippen LogP contribution in [0.4, 0.5) is 0 Å². The second-order valence-electron chi connectivity index (χ2n) is 9.38. The molecule has 0 aliphatic rings. The van der Waals surface area contributed by atoms with Gasteiger partial charge in [-0.3, -0.25) is 0 Å². The number of fused-ring (bicyclic) bond motifs is 6. The summed E-state index contributed by atoms with van der Waals surface area (Å²) in [6, 6.07) is -19.4. The zero-order valence-corrected chi connectivity index (χ0v) is 22.0. The van der Waals surface area contributed by atoms with E-state index in [9.17, 15) is 9.60 Å². The molecule has 9 aromatic rings. The molecule has 0 saturated heterocycles. The molecule has 0 N–H and O–H groups in total. The first kappa shape index (κ1) is 10.1. The molecule has 0 bridgehead atoms. The van der Waals surface area contributed by atoms with Crippen LogP contribution in [0.25, 0.3) is 77.2 Å². The summed E-state index contributed by atoms with van der Waals surface area (Å²) in [5.41, 5.74) is -6.10. The van der Waals surface area contributed by atoms with Crippen molar-refractivity contribution < 1.29 is 35.6 Å². The van der Waals surface area contributed by atoms with Crippen molar-refractivity contribution >= 4 is 43.6 Å². The SMILES string of the molecule is [2H]c1cc([2H])c(-c2c([2H])c([2H])c([2H])c([2H])c2[2H])c([2H])c1-c1c([2H])cc([2H])c(-n2c3c([2H])c([2H])c([2H])c([2H])c3c3c([2H])c(-n4c5c([2H])c([2H])c([2H])c([2H])c5c5c([2H])c([2H])c([2H])c([2H])c54)c([2H])c([2H])c32)c1[2H]. The predicted molar refractivity (Wildman–Crippen MR) is 186 cm³/mol. The monoisotopic (exact) mass is 586 g/mol. The molecule has 2 heteroatoms. The summed E-state index contributed by atoms with van der Waals surface area (Å²) < 4.78 is 232. The van der Waals surface area contributed by atoms with Gasteiger partial charge in [-0.2, -0.15) is 0 Å². The van der Waals surface area contributed by atoms with E-state index in [1.165, 1.54) is 0 Å². The Labute approximate surface area is 292 Å². The highest BCUT2D eigenvalue weighted by molar-refractivity contribution is 6.12. The summed E-state index contributed by atoms with van der Waals surface area (Å²) >= 11 is 0. The molecule has 0 aliphatic carbocycles. The van der Waals surface area contributed by atoms with Gasteiger partial charge in [-0.1, -0.05) is 115 Å². The van der Waals surface area contributed by atoms with E-state index in [1.54, 1.807) is 0 Å². The van der Waals surface area contributed by atoms with Crippen LogP contribution >= 0.6 is 0 Å². The molecular weight excluding hydrogens is 532 g/mol. The molecule has 0 fully saturated rings. The van der Waals surface area contributed by atoms with Crippen LogP contribution in [0.3, 0.4) is 0 Å². The van der Waals surface area contributed by atoms with Gasteiger partial charge >= 0.3 is 0 Å². The Morgan fingerprint density at radius 1 is 0.318 bits per heavy atom. The molecular formula is C42H28N2. The van der Waals surface area contributed by atoms with Gasteiger partial charge in [0.05, 0.1) is 57.7 Å². The van der Waals surface area contributed by atoms with E-state index in [1.807, 2.05) is 0 Å². The average molecular weight is 587 g/mol. The fraction of sp³-hybridized carbons (Fsp3) is 0. The van der Waals surface area contributed by atoms with E-state index < -0.39 is 234 Å². The van der Waals surface area contributed by atoms with Crippen molar-refractivity contribution in [2.24, 2.45) is 0 Å². The van der Waals surface area contributed by atoms with Crippen LogP contribution in [-0.2, 0) is 0 Å². The fourth-order valence-corrected chi connectivity index (χ4v) is 5.13. The maximum Gasteiger partial charge on any atom is 0.0652 e. The van der Waals surface area contributed by atoms with Crippen LogP contribution in [0.2, 0.25) is 0 Å². The first-order valence-corrected chi connectivity index (χ1v) is 13.0. The second kappa shape index (κ2) is 9.86. The molecule has 2 nitrogen and oxygen atoms in total. The van der Waals surface area contributed by atoms with E-state index in [-0.39, 0.29) is 0 Å². The van der Waals surface area contributed by atoms with E-state index in [2.05, 4.69) is 0 Å². The minimum atomic E-state index is -0.970. The predicted octanol–water partition coefficient (Wildman–Crippen LogP) is 11.2. The lowest BCUT2D eigenvalue weighted by Crippen LogP contribution is -1.96. The number of hydrogen-bond acceptors (Lipinski definition) is 0. The Morgan fingerprint density at radius 2 is 0.773 bits per heavy atom. The van der Waals surface area contributed by atoms with Crippen LogP contribution in [0.1, 0.15) is 35.6 Å². The van der Waals surface area contributed by atoms with Crippen LogP contribution in [0.5, 0.6) is 0 Å². The van der Waals surface area contributed by atoms with Crippen molar-refractivity contribution in [1.82, 2.24) is 9.13 Å². The van der Waals surface area contributed by atoms with Gasteiger partial charge in [0.1, 0.15) is 0 Å². The average Bonchev–Trinajstić information content (AvgIpc) is 3.85. The number of aromatic nitrogens is 2. The van der Waals surface area contributed by atoms with Gasteiger partial charge in [0.25, 0.3) is 0 Å².